The van der Waals surface area contributed by atoms with Crippen LogP contribution in [-0.2, 0) is 24.1 Å². The fourth-order valence-corrected chi connectivity index (χ4v) is 3.32. The maximum Gasteiger partial charge on any atom is 0.224 e. The van der Waals surface area contributed by atoms with E-state index in [0.717, 1.165) is 18.5 Å². The average Bonchev–Trinajstić information content (AvgIpc) is 2.90. The highest BCUT2D eigenvalue weighted by molar-refractivity contribution is 5.78. The van der Waals surface area contributed by atoms with Gasteiger partial charge in [0.1, 0.15) is 0 Å². The molecule has 1 aliphatic heterocycles. The number of carbonyl (C=O) groups is 1. The van der Waals surface area contributed by atoms with Gasteiger partial charge in [-0.05, 0) is 42.4 Å². The number of aliphatic hydroxyl groups excluding tert-OH is 1. The molecule has 1 heterocycles. The predicted molar refractivity (Wildman–Crippen MR) is 82.2 cm³/mol. The van der Waals surface area contributed by atoms with Gasteiger partial charge < -0.3 is 15.7 Å². The van der Waals surface area contributed by atoms with E-state index in [1.54, 1.807) is 0 Å². The highest BCUT2D eigenvalue weighted by Gasteiger charge is 2.24. The Morgan fingerprint density at radius 1 is 1.24 bits per heavy atom. The van der Waals surface area contributed by atoms with Crippen LogP contribution < -0.4 is 10.6 Å². The van der Waals surface area contributed by atoms with Crippen molar-refractivity contribution in [2.45, 2.75) is 38.2 Å². The lowest BCUT2D eigenvalue weighted by molar-refractivity contribution is -0.120. The van der Waals surface area contributed by atoms with E-state index in [1.807, 2.05) is 0 Å². The molecule has 1 saturated heterocycles. The van der Waals surface area contributed by atoms with Gasteiger partial charge in [-0.3, -0.25) is 4.79 Å². The Hall–Kier alpha value is -1.39. The normalized spacial score (nSPS) is 24.6. The summed E-state index contributed by atoms with van der Waals surface area (Å²) in [5.74, 6) is 0.183. The SMILES string of the molecule is O=C(Cc1ccc2c(c1)CCCC2)NCC1CNCC1O. The minimum atomic E-state index is -0.339. The van der Waals surface area contributed by atoms with Crippen LogP contribution >= 0.6 is 0 Å². The number of fused-ring (bicyclic) bond motifs is 1. The molecule has 1 amide bonds. The standard InChI is InChI=1S/C17H24N2O2/c20-16-11-18-9-15(16)10-19-17(21)8-12-5-6-13-3-1-2-4-14(13)7-12/h5-7,15-16,18,20H,1-4,8-11H2,(H,19,21). The topological polar surface area (TPSA) is 61.4 Å². The summed E-state index contributed by atoms with van der Waals surface area (Å²) in [6.45, 7) is 1.96. The van der Waals surface area contributed by atoms with Crippen LogP contribution in [0.15, 0.2) is 18.2 Å². The zero-order valence-corrected chi connectivity index (χ0v) is 12.4. The van der Waals surface area contributed by atoms with Gasteiger partial charge in [0.05, 0.1) is 12.5 Å². The molecule has 0 bridgehead atoms. The second-order valence-corrected chi connectivity index (χ2v) is 6.28. The van der Waals surface area contributed by atoms with Crippen molar-refractivity contribution in [3.05, 3.63) is 34.9 Å². The minimum absolute atomic E-state index is 0.0462. The van der Waals surface area contributed by atoms with E-state index < -0.39 is 0 Å². The number of aryl methyl sites for hydroxylation is 2. The molecule has 0 spiro atoms. The van der Waals surface area contributed by atoms with Crippen molar-refractivity contribution >= 4 is 5.91 Å². The van der Waals surface area contributed by atoms with Crippen molar-refractivity contribution in [2.75, 3.05) is 19.6 Å². The Balaban J connectivity index is 1.52. The molecule has 0 saturated carbocycles. The number of hydrogen-bond donors (Lipinski definition) is 3. The maximum atomic E-state index is 12.0. The molecule has 1 aromatic rings. The Morgan fingerprint density at radius 2 is 2.05 bits per heavy atom. The molecule has 21 heavy (non-hydrogen) atoms. The summed E-state index contributed by atoms with van der Waals surface area (Å²) in [6.07, 6.45) is 4.96. The van der Waals surface area contributed by atoms with Crippen molar-refractivity contribution in [1.29, 1.82) is 0 Å². The molecule has 3 N–H and O–H groups in total. The minimum Gasteiger partial charge on any atom is -0.391 e. The molecule has 1 aliphatic carbocycles. The Labute approximate surface area is 125 Å². The number of carbonyl (C=O) groups excluding carboxylic acids is 1. The van der Waals surface area contributed by atoms with Gasteiger partial charge in [0.25, 0.3) is 0 Å². The van der Waals surface area contributed by atoms with Gasteiger partial charge >= 0.3 is 0 Å². The van der Waals surface area contributed by atoms with E-state index in [2.05, 4.69) is 28.8 Å². The lowest BCUT2D eigenvalue weighted by Crippen LogP contribution is -2.35. The van der Waals surface area contributed by atoms with Crippen molar-refractivity contribution in [3.8, 4) is 0 Å². The Morgan fingerprint density at radius 3 is 2.81 bits per heavy atom. The first kappa shape index (κ1) is 14.5. The van der Waals surface area contributed by atoms with E-state index in [9.17, 15) is 9.90 Å². The van der Waals surface area contributed by atoms with Crippen molar-refractivity contribution < 1.29 is 9.90 Å². The van der Waals surface area contributed by atoms with Gasteiger partial charge in [-0.15, -0.1) is 0 Å². The van der Waals surface area contributed by atoms with Crippen molar-refractivity contribution in [3.63, 3.8) is 0 Å². The fraction of sp³-hybridized carbons (Fsp3) is 0.588. The Bertz CT molecular complexity index is 516. The van der Waals surface area contributed by atoms with E-state index >= 15 is 0 Å². The first-order valence-electron chi connectivity index (χ1n) is 7.98. The van der Waals surface area contributed by atoms with Gasteiger partial charge in [-0.1, -0.05) is 18.2 Å². The smallest absolute Gasteiger partial charge is 0.224 e. The van der Waals surface area contributed by atoms with E-state index in [-0.39, 0.29) is 17.9 Å². The molecular formula is C17H24N2O2. The zero-order valence-electron chi connectivity index (χ0n) is 12.4. The second-order valence-electron chi connectivity index (χ2n) is 6.28. The van der Waals surface area contributed by atoms with E-state index in [4.69, 9.17) is 0 Å². The van der Waals surface area contributed by atoms with Gasteiger partial charge in [0.2, 0.25) is 5.91 Å². The molecule has 1 aromatic carbocycles. The van der Waals surface area contributed by atoms with Crippen LogP contribution in [0.5, 0.6) is 0 Å². The number of aliphatic hydroxyl groups is 1. The summed E-state index contributed by atoms with van der Waals surface area (Å²) in [4.78, 5) is 12.0. The highest BCUT2D eigenvalue weighted by Crippen LogP contribution is 2.22. The van der Waals surface area contributed by atoms with Gasteiger partial charge in [-0.2, -0.15) is 0 Å². The molecule has 0 radical (unpaired) electrons. The van der Waals surface area contributed by atoms with Gasteiger partial charge in [0, 0.05) is 25.6 Å². The molecular weight excluding hydrogens is 264 g/mol. The fourth-order valence-electron chi connectivity index (χ4n) is 3.32. The van der Waals surface area contributed by atoms with Gasteiger partial charge in [0.15, 0.2) is 0 Å². The van der Waals surface area contributed by atoms with Crippen LogP contribution in [0.25, 0.3) is 0 Å². The maximum absolute atomic E-state index is 12.0. The summed E-state index contributed by atoms with van der Waals surface area (Å²) >= 11 is 0. The number of amides is 1. The molecule has 4 nitrogen and oxygen atoms in total. The van der Waals surface area contributed by atoms with Crippen LogP contribution in [0.4, 0.5) is 0 Å². The molecule has 2 atom stereocenters. The lowest BCUT2D eigenvalue weighted by Gasteiger charge is -2.17. The number of β-amino-alcohol motifs (C(OH)–C–C–N with tert-alkyl or cyclic N) is 1. The quantitative estimate of drug-likeness (QED) is 0.768. The number of hydrogen-bond acceptors (Lipinski definition) is 3. The zero-order chi connectivity index (χ0) is 14.7. The summed E-state index contributed by atoms with van der Waals surface area (Å²) < 4.78 is 0. The predicted octanol–water partition coefficient (Wildman–Crippen LogP) is 0.804. The number of nitrogens with one attached hydrogen (secondary N) is 2. The summed E-state index contributed by atoms with van der Waals surface area (Å²) in [6, 6.07) is 6.46. The van der Waals surface area contributed by atoms with Crippen LogP contribution in [0.2, 0.25) is 0 Å². The van der Waals surface area contributed by atoms with Crippen LogP contribution in [0.3, 0.4) is 0 Å². The summed E-state index contributed by atoms with van der Waals surface area (Å²) in [5, 5.41) is 15.8. The van der Waals surface area contributed by atoms with Crippen LogP contribution in [-0.4, -0.2) is 36.8 Å². The molecule has 2 aliphatic rings. The molecule has 0 aromatic heterocycles. The van der Waals surface area contributed by atoms with Crippen molar-refractivity contribution in [1.82, 2.24) is 10.6 Å². The number of rotatable bonds is 4. The highest BCUT2D eigenvalue weighted by atomic mass is 16.3. The second kappa shape index (κ2) is 6.58. The summed E-state index contributed by atoms with van der Waals surface area (Å²) in [7, 11) is 0. The van der Waals surface area contributed by atoms with Crippen molar-refractivity contribution in [2.24, 2.45) is 5.92 Å². The third-order valence-corrected chi connectivity index (χ3v) is 4.64. The third kappa shape index (κ3) is 3.63. The Kier molecular flexibility index (Phi) is 4.56. The summed E-state index contributed by atoms with van der Waals surface area (Å²) in [5.41, 5.74) is 3.96. The average molecular weight is 288 g/mol. The van der Waals surface area contributed by atoms with E-state index in [0.29, 0.717) is 19.5 Å². The third-order valence-electron chi connectivity index (χ3n) is 4.64. The molecule has 3 rings (SSSR count). The van der Waals surface area contributed by atoms with Crippen LogP contribution in [0, 0.1) is 5.92 Å². The lowest BCUT2D eigenvalue weighted by atomic mass is 9.90. The monoisotopic (exact) mass is 288 g/mol. The van der Waals surface area contributed by atoms with Crippen LogP contribution in [0.1, 0.15) is 29.5 Å². The first-order valence-corrected chi connectivity index (χ1v) is 7.98. The molecule has 2 unspecified atom stereocenters. The van der Waals surface area contributed by atoms with Gasteiger partial charge in [-0.25, -0.2) is 0 Å². The molecule has 4 heteroatoms. The van der Waals surface area contributed by atoms with E-state index in [1.165, 1.54) is 30.4 Å². The molecule has 1 fully saturated rings. The largest absolute Gasteiger partial charge is 0.391 e. The molecule has 114 valence electrons. The number of benzene rings is 1. The first-order chi connectivity index (χ1) is 10.2.